The lowest BCUT2D eigenvalue weighted by Gasteiger charge is -2.22. The highest BCUT2D eigenvalue weighted by molar-refractivity contribution is 7.89. The standard InChI is InChI=1S/C20H28N4O2S/c1-16-5-9-18(10-6-16)15-24(4)20(21-3)22-13-14-23-27(25,26)19-11-7-17(2)8-12-19/h5-12,23H,13-15H2,1-4H3,(H,21,22). The maximum Gasteiger partial charge on any atom is 0.240 e. The molecule has 7 heteroatoms. The van der Waals surface area contributed by atoms with E-state index < -0.39 is 10.0 Å². The highest BCUT2D eigenvalue weighted by Crippen LogP contribution is 2.09. The van der Waals surface area contributed by atoms with Crippen molar-refractivity contribution in [2.45, 2.75) is 25.3 Å². The molecule has 0 saturated heterocycles. The molecule has 2 N–H and O–H groups in total. The summed E-state index contributed by atoms with van der Waals surface area (Å²) in [6, 6.07) is 15.1. The third-order valence-electron chi connectivity index (χ3n) is 4.15. The largest absolute Gasteiger partial charge is 0.355 e. The second-order valence-electron chi connectivity index (χ2n) is 6.53. The predicted molar refractivity (Wildman–Crippen MR) is 110 cm³/mol. The topological polar surface area (TPSA) is 73.8 Å². The van der Waals surface area contributed by atoms with Crippen molar-refractivity contribution in [2.24, 2.45) is 4.99 Å². The van der Waals surface area contributed by atoms with Crippen LogP contribution in [0.1, 0.15) is 16.7 Å². The van der Waals surface area contributed by atoms with E-state index in [0.717, 1.165) is 12.1 Å². The minimum absolute atomic E-state index is 0.271. The second-order valence-corrected chi connectivity index (χ2v) is 8.29. The number of benzene rings is 2. The van der Waals surface area contributed by atoms with E-state index in [-0.39, 0.29) is 11.4 Å². The van der Waals surface area contributed by atoms with Crippen LogP contribution >= 0.6 is 0 Å². The first-order valence-corrected chi connectivity index (χ1v) is 10.3. The zero-order valence-corrected chi connectivity index (χ0v) is 17.2. The van der Waals surface area contributed by atoms with E-state index in [2.05, 4.69) is 46.2 Å². The van der Waals surface area contributed by atoms with Crippen LogP contribution < -0.4 is 10.0 Å². The minimum Gasteiger partial charge on any atom is -0.355 e. The molecule has 0 radical (unpaired) electrons. The van der Waals surface area contributed by atoms with Crippen molar-refractivity contribution in [3.05, 3.63) is 65.2 Å². The van der Waals surface area contributed by atoms with E-state index in [1.807, 2.05) is 18.9 Å². The zero-order valence-electron chi connectivity index (χ0n) is 16.4. The Balaban J connectivity index is 1.83. The minimum atomic E-state index is -3.50. The third-order valence-corrected chi connectivity index (χ3v) is 5.62. The Hall–Kier alpha value is -2.38. The molecule has 0 aliphatic rings. The fourth-order valence-electron chi connectivity index (χ4n) is 2.59. The maximum atomic E-state index is 12.3. The summed E-state index contributed by atoms with van der Waals surface area (Å²) >= 11 is 0. The molecule has 0 aliphatic carbocycles. The van der Waals surface area contributed by atoms with Gasteiger partial charge in [-0.15, -0.1) is 0 Å². The molecule has 27 heavy (non-hydrogen) atoms. The Morgan fingerprint density at radius 3 is 2.07 bits per heavy atom. The molecule has 2 rings (SSSR count). The summed E-state index contributed by atoms with van der Waals surface area (Å²) in [5.74, 6) is 0.713. The van der Waals surface area contributed by atoms with Gasteiger partial charge in [0.25, 0.3) is 0 Å². The van der Waals surface area contributed by atoms with Crippen molar-refractivity contribution < 1.29 is 8.42 Å². The summed E-state index contributed by atoms with van der Waals surface area (Å²) in [6.07, 6.45) is 0. The van der Waals surface area contributed by atoms with Gasteiger partial charge in [-0.1, -0.05) is 47.5 Å². The quantitative estimate of drug-likeness (QED) is 0.434. The Bertz CT molecular complexity index is 860. The van der Waals surface area contributed by atoms with Crippen LogP contribution in [0.2, 0.25) is 0 Å². The number of guanidine groups is 1. The molecule has 0 saturated carbocycles. The van der Waals surface area contributed by atoms with Gasteiger partial charge in [0.1, 0.15) is 0 Å². The first-order chi connectivity index (χ1) is 12.8. The van der Waals surface area contributed by atoms with Crippen molar-refractivity contribution in [3.8, 4) is 0 Å². The molecule has 0 fully saturated rings. The molecule has 2 aromatic rings. The molecular weight excluding hydrogens is 360 g/mol. The van der Waals surface area contributed by atoms with Gasteiger partial charge in [0.2, 0.25) is 10.0 Å². The lowest BCUT2D eigenvalue weighted by molar-refractivity contribution is 0.477. The van der Waals surface area contributed by atoms with Crippen LogP contribution in [0.25, 0.3) is 0 Å². The van der Waals surface area contributed by atoms with Crippen molar-refractivity contribution in [1.82, 2.24) is 14.9 Å². The van der Waals surface area contributed by atoms with Gasteiger partial charge in [0, 0.05) is 33.7 Å². The average Bonchev–Trinajstić information content (AvgIpc) is 2.64. The summed E-state index contributed by atoms with van der Waals surface area (Å²) < 4.78 is 27.2. The lowest BCUT2D eigenvalue weighted by atomic mass is 10.1. The Kier molecular flexibility index (Phi) is 7.38. The Morgan fingerprint density at radius 1 is 0.963 bits per heavy atom. The molecule has 2 aromatic carbocycles. The molecule has 0 unspecified atom stereocenters. The number of nitrogens with zero attached hydrogens (tertiary/aromatic N) is 2. The van der Waals surface area contributed by atoms with Crippen LogP contribution in [0.4, 0.5) is 0 Å². The number of sulfonamides is 1. The summed E-state index contributed by atoms with van der Waals surface area (Å²) in [7, 11) is 0.165. The van der Waals surface area contributed by atoms with E-state index in [1.54, 1.807) is 31.3 Å². The van der Waals surface area contributed by atoms with Crippen LogP contribution in [0.15, 0.2) is 58.4 Å². The van der Waals surface area contributed by atoms with Gasteiger partial charge in [-0.25, -0.2) is 13.1 Å². The maximum absolute atomic E-state index is 12.3. The smallest absolute Gasteiger partial charge is 0.240 e. The molecule has 0 aliphatic heterocycles. The number of aliphatic imine (C=N–C) groups is 1. The second kappa shape index (κ2) is 9.53. The highest BCUT2D eigenvalue weighted by Gasteiger charge is 2.13. The van der Waals surface area contributed by atoms with Gasteiger partial charge in [0.15, 0.2) is 5.96 Å². The highest BCUT2D eigenvalue weighted by atomic mass is 32.2. The zero-order chi connectivity index (χ0) is 19.9. The van der Waals surface area contributed by atoms with Gasteiger partial charge in [-0.05, 0) is 31.5 Å². The van der Waals surface area contributed by atoms with E-state index >= 15 is 0 Å². The number of nitrogens with one attached hydrogen (secondary N) is 2. The van der Waals surface area contributed by atoms with Crippen LogP contribution in [0, 0.1) is 13.8 Å². The molecular formula is C20H28N4O2S. The average molecular weight is 389 g/mol. The first kappa shape index (κ1) is 20.9. The fraction of sp³-hybridized carbons (Fsp3) is 0.350. The number of hydrogen-bond donors (Lipinski definition) is 2. The Labute approximate surface area is 162 Å². The lowest BCUT2D eigenvalue weighted by Crippen LogP contribution is -2.42. The number of rotatable bonds is 7. The van der Waals surface area contributed by atoms with Gasteiger partial charge < -0.3 is 10.2 Å². The monoisotopic (exact) mass is 388 g/mol. The Morgan fingerprint density at radius 2 is 1.52 bits per heavy atom. The van der Waals surface area contributed by atoms with E-state index in [0.29, 0.717) is 12.5 Å². The molecule has 0 aromatic heterocycles. The van der Waals surface area contributed by atoms with Gasteiger partial charge in [-0.2, -0.15) is 0 Å². The van der Waals surface area contributed by atoms with Gasteiger partial charge in [0.05, 0.1) is 4.90 Å². The normalized spacial score (nSPS) is 12.1. The molecule has 6 nitrogen and oxygen atoms in total. The predicted octanol–water partition coefficient (Wildman–Crippen LogP) is 2.29. The summed E-state index contributed by atoms with van der Waals surface area (Å²) in [4.78, 5) is 6.53. The van der Waals surface area contributed by atoms with Crippen LogP contribution in [-0.4, -0.2) is 46.5 Å². The molecule has 0 heterocycles. The summed E-state index contributed by atoms with van der Waals surface area (Å²) in [5, 5.41) is 3.18. The van der Waals surface area contributed by atoms with Crippen molar-refractivity contribution in [3.63, 3.8) is 0 Å². The molecule has 0 amide bonds. The van der Waals surface area contributed by atoms with E-state index in [1.165, 1.54) is 11.1 Å². The molecule has 0 spiro atoms. The van der Waals surface area contributed by atoms with Crippen LogP contribution in [0.3, 0.4) is 0 Å². The van der Waals surface area contributed by atoms with Crippen LogP contribution in [-0.2, 0) is 16.6 Å². The number of aryl methyl sites for hydroxylation is 2. The van der Waals surface area contributed by atoms with Gasteiger partial charge >= 0.3 is 0 Å². The molecule has 0 atom stereocenters. The molecule has 146 valence electrons. The third kappa shape index (κ3) is 6.37. The summed E-state index contributed by atoms with van der Waals surface area (Å²) in [5.41, 5.74) is 3.44. The van der Waals surface area contributed by atoms with Crippen molar-refractivity contribution in [2.75, 3.05) is 27.2 Å². The SMILES string of the molecule is CN=C(NCCNS(=O)(=O)c1ccc(C)cc1)N(C)Cc1ccc(C)cc1. The van der Waals surface area contributed by atoms with E-state index in [9.17, 15) is 8.42 Å². The van der Waals surface area contributed by atoms with Crippen molar-refractivity contribution >= 4 is 16.0 Å². The molecule has 0 bridgehead atoms. The van der Waals surface area contributed by atoms with Crippen molar-refractivity contribution in [1.29, 1.82) is 0 Å². The number of hydrogen-bond acceptors (Lipinski definition) is 3. The summed E-state index contributed by atoms with van der Waals surface area (Å²) in [6.45, 7) is 5.41. The van der Waals surface area contributed by atoms with E-state index in [4.69, 9.17) is 0 Å². The fourth-order valence-corrected chi connectivity index (χ4v) is 3.62. The first-order valence-electron chi connectivity index (χ1n) is 8.85. The van der Waals surface area contributed by atoms with Crippen LogP contribution in [0.5, 0.6) is 0 Å². The van der Waals surface area contributed by atoms with Gasteiger partial charge in [-0.3, -0.25) is 4.99 Å².